The van der Waals surface area contributed by atoms with E-state index in [4.69, 9.17) is 18.9 Å². The molecule has 1 spiro atoms. The molecule has 9 nitrogen and oxygen atoms in total. The Bertz CT molecular complexity index is 1080. The number of H-pyrrole nitrogens is 1. The molecule has 37 heavy (non-hydrogen) atoms. The molecule has 9 heteroatoms. The van der Waals surface area contributed by atoms with Crippen LogP contribution in [0.5, 0.6) is 0 Å². The number of cyclic esters (lactones) is 1. The summed E-state index contributed by atoms with van der Waals surface area (Å²) in [5.74, 6) is -2.49. The fourth-order valence-electron chi connectivity index (χ4n) is 7.14. The van der Waals surface area contributed by atoms with Gasteiger partial charge in [0.1, 0.15) is 29.6 Å². The van der Waals surface area contributed by atoms with E-state index in [1.807, 2.05) is 39.0 Å². The molecular formula is C28H37NO8. The highest BCUT2D eigenvalue weighted by molar-refractivity contribution is 5.87. The number of aromatic amines is 1. The Morgan fingerprint density at radius 3 is 2.70 bits per heavy atom. The number of ether oxygens (including phenoxy) is 4. The molecule has 3 N–H and O–H groups in total. The highest BCUT2D eigenvalue weighted by Crippen LogP contribution is 2.61. The quantitative estimate of drug-likeness (QED) is 0.412. The first-order valence-electron chi connectivity index (χ1n) is 13.1. The van der Waals surface area contributed by atoms with Crippen molar-refractivity contribution < 1.29 is 38.7 Å². The molecule has 1 aromatic rings. The summed E-state index contributed by atoms with van der Waals surface area (Å²) >= 11 is 0. The molecule has 1 aromatic heterocycles. The minimum atomic E-state index is -0.933. The van der Waals surface area contributed by atoms with Crippen LogP contribution < -0.4 is 0 Å². The molecule has 202 valence electrons. The zero-order chi connectivity index (χ0) is 26.6. The van der Waals surface area contributed by atoms with Crippen molar-refractivity contribution in [2.75, 3.05) is 7.11 Å². The first-order valence-corrected chi connectivity index (χ1v) is 13.1. The van der Waals surface area contributed by atoms with E-state index >= 15 is 0 Å². The third kappa shape index (κ3) is 4.07. The van der Waals surface area contributed by atoms with Gasteiger partial charge in [-0.25, -0.2) is 9.59 Å². The molecule has 2 unspecified atom stereocenters. The van der Waals surface area contributed by atoms with Crippen LogP contribution >= 0.6 is 0 Å². The van der Waals surface area contributed by atoms with Gasteiger partial charge in [0.15, 0.2) is 6.10 Å². The Hall–Kier alpha value is -2.46. The van der Waals surface area contributed by atoms with Gasteiger partial charge < -0.3 is 34.1 Å². The minimum absolute atomic E-state index is 0.175. The Labute approximate surface area is 216 Å². The van der Waals surface area contributed by atoms with Gasteiger partial charge in [0.05, 0.1) is 12.2 Å². The second-order valence-electron chi connectivity index (χ2n) is 11.1. The van der Waals surface area contributed by atoms with Gasteiger partial charge in [-0.05, 0) is 38.0 Å². The normalized spacial score (nSPS) is 45.3. The van der Waals surface area contributed by atoms with Crippen molar-refractivity contribution in [2.24, 2.45) is 29.6 Å². The van der Waals surface area contributed by atoms with Crippen LogP contribution in [0, 0.1) is 29.6 Å². The molecule has 4 bridgehead atoms. The number of aliphatic hydroxyl groups is 2. The fraction of sp³-hybridized carbons (Fsp3) is 0.643. The molecule has 2 fully saturated rings. The predicted molar refractivity (Wildman–Crippen MR) is 132 cm³/mol. The van der Waals surface area contributed by atoms with Crippen molar-refractivity contribution >= 4 is 11.9 Å². The van der Waals surface area contributed by atoms with Gasteiger partial charge in [-0.2, -0.15) is 0 Å². The zero-order valence-corrected chi connectivity index (χ0v) is 21.9. The maximum absolute atomic E-state index is 13.1. The molecule has 0 amide bonds. The third-order valence-electron chi connectivity index (χ3n) is 8.94. The molecule has 3 heterocycles. The molecule has 5 rings (SSSR count). The van der Waals surface area contributed by atoms with Gasteiger partial charge in [0.25, 0.3) is 0 Å². The van der Waals surface area contributed by atoms with Gasteiger partial charge in [-0.1, -0.05) is 32.1 Å². The summed E-state index contributed by atoms with van der Waals surface area (Å²) in [5.41, 5.74) is 0.301. The van der Waals surface area contributed by atoms with Gasteiger partial charge in [-0.15, -0.1) is 0 Å². The summed E-state index contributed by atoms with van der Waals surface area (Å²) in [7, 11) is 1.46. The number of hydrogen-bond donors (Lipinski definition) is 3. The standard InChI is InChI=1S/C28H37NO8/c1-13-11-14(2)28-17(12-20(34-5)27(33)35-23(13)16(4)30)8-9-18-21(28)22(31)15(3)24(25(18)37-28)36-26(32)19-7-6-10-29-19/h6-11,13,15-18,20-25,29-31H,12H2,1-5H3/b14-11+/t13-,15-,16-,17-,18?,20+,21?,22-,23+,24-,25-,28+/m1/s1. The number of aromatic nitrogens is 1. The van der Waals surface area contributed by atoms with Crippen LogP contribution in [0.2, 0.25) is 0 Å². The second-order valence-corrected chi connectivity index (χ2v) is 11.1. The van der Waals surface area contributed by atoms with E-state index in [0.717, 1.165) is 5.57 Å². The topological polar surface area (TPSA) is 127 Å². The molecule has 0 radical (unpaired) electrons. The van der Waals surface area contributed by atoms with Crippen molar-refractivity contribution in [3.05, 3.63) is 47.8 Å². The lowest BCUT2D eigenvalue weighted by atomic mass is 9.57. The second kappa shape index (κ2) is 9.69. The van der Waals surface area contributed by atoms with E-state index in [9.17, 15) is 19.8 Å². The summed E-state index contributed by atoms with van der Waals surface area (Å²) in [5, 5.41) is 22.1. The largest absolute Gasteiger partial charge is 0.457 e. The van der Waals surface area contributed by atoms with Crippen molar-refractivity contribution in [3.63, 3.8) is 0 Å². The van der Waals surface area contributed by atoms with Crippen molar-refractivity contribution in [3.8, 4) is 0 Å². The first-order chi connectivity index (χ1) is 17.6. The Morgan fingerprint density at radius 2 is 2.05 bits per heavy atom. The molecule has 2 aliphatic heterocycles. The highest BCUT2D eigenvalue weighted by Gasteiger charge is 2.69. The van der Waals surface area contributed by atoms with Crippen LogP contribution in [-0.2, 0) is 23.7 Å². The lowest BCUT2D eigenvalue weighted by Gasteiger charge is -2.48. The number of esters is 2. The Balaban J connectivity index is 1.58. The van der Waals surface area contributed by atoms with Crippen LogP contribution in [-0.4, -0.2) is 76.5 Å². The van der Waals surface area contributed by atoms with Crippen LogP contribution in [0.25, 0.3) is 0 Å². The van der Waals surface area contributed by atoms with Crippen LogP contribution in [0.1, 0.15) is 44.6 Å². The number of methoxy groups -OCH3 is 1. The first kappa shape index (κ1) is 26.2. The molecule has 0 aromatic carbocycles. The fourth-order valence-corrected chi connectivity index (χ4v) is 7.14. The summed E-state index contributed by atoms with van der Waals surface area (Å²) in [6.07, 6.45) is 3.53. The number of rotatable bonds is 4. The van der Waals surface area contributed by atoms with Gasteiger partial charge in [-0.3, -0.25) is 0 Å². The number of aliphatic hydroxyl groups excluding tert-OH is 2. The van der Waals surface area contributed by atoms with E-state index in [0.29, 0.717) is 5.69 Å². The van der Waals surface area contributed by atoms with Gasteiger partial charge in [0, 0.05) is 42.9 Å². The average molecular weight is 516 g/mol. The zero-order valence-electron chi connectivity index (χ0n) is 21.9. The van der Waals surface area contributed by atoms with E-state index in [-0.39, 0.29) is 36.0 Å². The van der Waals surface area contributed by atoms with E-state index < -0.39 is 54.2 Å². The van der Waals surface area contributed by atoms with Crippen molar-refractivity contribution in [1.82, 2.24) is 4.98 Å². The van der Waals surface area contributed by atoms with E-state index in [2.05, 4.69) is 4.98 Å². The SMILES string of the molecule is CO[C@H]1C[C@H]2C=CC3C4[C@H](O)[C@@H](C)[C@@H](OC(=O)c5ccc[nH]5)[C@@H]3O[C@]42/C(C)=C/[C@@H](C)[C@@H]([C@@H](C)O)OC1=O. The lowest BCUT2D eigenvalue weighted by Crippen LogP contribution is -2.57. The monoisotopic (exact) mass is 515 g/mol. The molecule has 12 atom stereocenters. The predicted octanol–water partition coefficient (Wildman–Crippen LogP) is 2.40. The molecular weight excluding hydrogens is 478 g/mol. The van der Waals surface area contributed by atoms with Crippen LogP contribution in [0.15, 0.2) is 42.1 Å². The molecule has 2 aliphatic carbocycles. The summed E-state index contributed by atoms with van der Waals surface area (Å²) in [6, 6.07) is 3.37. The molecule has 1 saturated carbocycles. The number of hydrogen-bond acceptors (Lipinski definition) is 8. The summed E-state index contributed by atoms with van der Waals surface area (Å²) in [4.78, 5) is 28.8. The minimum Gasteiger partial charge on any atom is -0.457 e. The highest BCUT2D eigenvalue weighted by atomic mass is 16.6. The number of carbonyl (C=O) groups is 2. The van der Waals surface area contributed by atoms with Crippen LogP contribution in [0.4, 0.5) is 0 Å². The summed E-state index contributed by atoms with van der Waals surface area (Å²) < 4.78 is 24.2. The van der Waals surface area contributed by atoms with E-state index in [1.54, 1.807) is 25.3 Å². The Morgan fingerprint density at radius 1 is 1.30 bits per heavy atom. The van der Waals surface area contributed by atoms with Crippen LogP contribution in [0.3, 0.4) is 0 Å². The van der Waals surface area contributed by atoms with Crippen molar-refractivity contribution in [2.45, 2.75) is 76.3 Å². The Kier molecular flexibility index (Phi) is 6.85. The van der Waals surface area contributed by atoms with Gasteiger partial charge >= 0.3 is 11.9 Å². The smallest absolute Gasteiger partial charge is 0.355 e. The number of nitrogens with one attached hydrogen (secondary N) is 1. The van der Waals surface area contributed by atoms with Crippen molar-refractivity contribution in [1.29, 1.82) is 0 Å². The maximum Gasteiger partial charge on any atom is 0.355 e. The van der Waals surface area contributed by atoms with E-state index in [1.165, 1.54) is 7.11 Å². The third-order valence-corrected chi connectivity index (χ3v) is 8.94. The number of carbonyl (C=O) groups excluding carboxylic acids is 2. The summed E-state index contributed by atoms with van der Waals surface area (Å²) in [6.45, 7) is 7.35. The maximum atomic E-state index is 13.1. The molecule has 1 saturated heterocycles. The molecule has 4 aliphatic rings. The average Bonchev–Trinajstić information content (AvgIpc) is 3.46. The lowest BCUT2D eigenvalue weighted by molar-refractivity contribution is -0.172. The van der Waals surface area contributed by atoms with Gasteiger partial charge in [0.2, 0.25) is 0 Å².